The highest BCUT2D eigenvalue weighted by atomic mass is 79.9. The van der Waals surface area contributed by atoms with E-state index in [0.717, 1.165) is 12.1 Å². The third-order valence-electron chi connectivity index (χ3n) is 3.22. The molecule has 25 heavy (non-hydrogen) atoms. The van der Waals surface area contributed by atoms with Crippen LogP contribution in [0, 0.1) is 0 Å². The highest BCUT2D eigenvalue weighted by molar-refractivity contribution is 9.10. The van der Waals surface area contributed by atoms with E-state index in [9.17, 15) is 44.3 Å². The molecule has 1 aromatic carbocycles. The quantitative estimate of drug-likeness (QED) is 0.691. The van der Waals surface area contributed by atoms with Crippen LogP contribution >= 0.6 is 15.9 Å². The fraction of sp³-hybridized carbons (Fsp3) is 0.417. The van der Waals surface area contributed by atoms with E-state index < -0.39 is 41.3 Å². The second-order valence-electron chi connectivity index (χ2n) is 4.90. The molecule has 0 saturated carbocycles. The Kier molecular flexibility index (Phi) is 4.36. The molecule has 0 bridgehead atoms. The third-order valence-corrected chi connectivity index (χ3v) is 3.75. The number of carbonyl (C=O) groups is 1. The minimum absolute atomic E-state index is 0.407. The van der Waals surface area contributed by atoms with Gasteiger partial charge in [-0.1, -0.05) is 15.9 Å². The molecule has 1 aliphatic heterocycles. The van der Waals surface area contributed by atoms with Gasteiger partial charge in [0.2, 0.25) is 0 Å². The summed E-state index contributed by atoms with van der Waals surface area (Å²) in [5.41, 5.74) is -0.476. The van der Waals surface area contributed by atoms with Gasteiger partial charge in [0, 0.05) is 10.2 Å². The summed E-state index contributed by atoms with van der Waals surface area (Å²) in [4.78, 5) is 11.4. The van der Waals surface area contributed by atoms with Crippen LogP contribution in [0.3, 0.4) is 0 Å². The number of halogens is 10. The number of ether oxygens (including phenoxy) is 1. The van der Waals surface area contributed by atoms with Crippen molar-refractivity contribution >= 4 is 27.5 Å². The molecule has 1 aromatic rings. The standard InChI is InChI=1S/C12H5BrF9NO2/c13-5-1-3-6(4-2-5)23-7(24)8(14,15)11(20)9(16,17)10(18,19)12(21,22)25-11/h1-4H,(H,23,24)/t11-/m0/s1. The second-order valence-corrected chi connectivity index (χ2v) is 5.81. The van der Waals surface area contributed by atoms with Gasteiger partial charge in [0.1, 0.15) is 0 Å². The molecule has 1 aliphatic rings. The van der Waals surface area contributed by atoms with E-state index in [1.165, 1.54) is 17.4 Å². The third kappa shape index (κ3) is 2.58. The van der Waals surface area contributed by atoms with E-state index in [1.54, 1.807) is 0 Å². The van der Waals surface area contributed by atoms with E-state index in [1.807, 2.05) is 0 Å². The van der Waals surface area contributed by atoms with Crippen LogP contribution in [0.25, 0.3) is 0 Å². The molecule has 13 heteroatoms. The fourth-order valence-corrected chi connectivity index (χ4v) is 2.10. The highest BCUT2D eigenvalue weighted by Crippen LogP contribution is 2.64. The Hall–Kier alpha value is -1.50. The summed E-state index contributed by atoms with van der Waals surface area (Å²) in [5, 5.41) is 1.25. The summed E-state index contributed by atoms with van der Waals surface area (Å²) in [6.07, 6.45) is -6.27. The number of hydrogen-bond donors (Lipinski definition) is 1. The Labute approximate surface area is 141 Å². The smallest absolute Gasteiger partial charge is 0.321 e. The SMILES string of the molecule is O=C(Nc1ccc(Br)cc1)C(F)(F)[C@]1(F)OC(F)(F)C(F)(F)C1(F)F. The van der Waals surface area contributed by atoms with Gasteiger partial charge in [0.05, 0.1) is 0 Å². The lowest BCUT2D eigenvalue weighted by Crippen LogP contribution is -2.63. The van der Waals surface area contributed by atoms with Crippen LogP contribution in [0.5, 0.6) is 0 Å². The van der Waals surface area contributed by atoms with Crippen LogP contribution in [0.2, 0.25) is 0 Å². The first-order valence-corrected chi connectivity index (χ1v) is 6.87. The molecule has 1 saturated heterocycles. The number of nitrogens with one attached hydrogen (secondary N) is 1. The van der Waals surface area contributed by atoms with Crippen molar-refractivity contribution in [2.45, 2.75) is 29.7 Å². The maximum atomic E-state index is 13.9. The Morgan fingerprint density at radius 3 is 1.84 bits per heavy atom. The van der Waals surface area contributed by atoms with Gasteiger partial charge < -0.3 is 5.32 Å². The molecule has 2 rings (SSSR count). The minimum Gasteiger partial charge on any atom is -0.321 e. The van der Waals surface area contributed by atoms with Gasteiger partial charge in [0.25, 0.3) is 0 Å². The average molecular weight is 446 g/mol. The summed E-state index contributed by atoms with van der Waals surface area (Å²) < 4.78 is 122. The normalized spacial score (nSPS) is 27.1. The number of anilines is 1. The molecule has 3 nitrogen and oxygen atoms in total. The fourth-order valence-electron chi connectivity index (χ4n) is 1.84. The van der Waals surface area contributed by atoms with Gasteiger partial charge in [-0.2, -0.15) is 39.5 Å². The Morgan fingerprint density at radius 2 is 1.44 bits per heavy atom. The van der Waals surface area contributed by atoms with Gasteiger partial charge in [-0.3, -0.25) is 9.53 Å². The largest absolute Gasteiger partial charge is 0.428 e. The maximum absolute atomic E-state index is 13.9. The Balaban J connectivity index is 2.40. The van der Waals surface area contributed by atoms with Crippen molar-refractivity contribution in [1.82, 2.24) is 0 Å². The zero-order valence-electron chi connectivity index (χ0n) is 11.4. The topological polar surface area (TPSA) is 38.3 Å². The molecular weight excluding hydrogens is 441 g/mol. The lowest BCUT2D eigenvalue weighted by Gasteiger charge is -2.31. The molecule has 140 valence electrons. The average Bonchev–Trinajstić information content (AvgIpc) is 2.57. The molecule has 1 N–H and O–H groups in total. The number of benzene rings is 1. The van der Waals surface area contributed by atoms with Crippen molar-refractivity contribution in [3.8, 4) is 0 Å². The predicted octanol–water partition coefficient (Wildman–Crippen LogP) is 4.58. The number of rotatable bonds is 3. The van der Waals surface area contributed by atoms with Crippen molar-refractivity contribution in [2.75, 3.05) is 5.32 Å². The van der Waals surface area contributed by atoms with Crippen molar-refractivity contribution in [2.24, 2.45) is 0 Å². The zero-order chi connectivity index (χ0) is 19.5. The minimum atomic E-state index is -6.70. The van der Waals surface area contributed by atoms with Crippen molar-refractivity contribution < 1.29 is 49.0 Å². The molecule has 0 spiro atoms. The van der Waals surface area contributed by atoms with Crippen LogP contribution in [-0.4, -0.2) is 35.6 Å². The van der Waals surface area contributed by atoms with Crippen LogP contribution < -0.4 is 5.32 Å². The van der Waals surface area contributed by atoms with Crippen LogP contribution in [0.15, 0.2) is 28.7 Å². The van der Waals surface area contributed by atoms with Crippen molar-refractivity contribution in [3.05, 3.63) is 28.7 Å². The monoisotopic (exact) mass is 445 g/mol. The molecular formula is C12H5BrF9NO2. The van der Waals surface area contributed by atoms with Crippen LogP contribution in [-0.2, 0) is 9.53 Å². The number of amides is 1. The first-order chi connectivity index (χ1) is 11.1. The van der Waals surface area contributed by atoms with Gasteiger partial charge >= 0.3 is 35.6 Å². The van der Waals surface area contributed by atoms with Gasteiger partial charge in [-0.05, 0) is 24.3 Å². The molecule has 1 heterocycles. The highest BCUT2D eigenvalue weighted by Gasteiger charge is 2.96. The summed E-state index contributed by atoms with van der Waals surface area (Å²) in [5.74, 6) is -28.6. The van der Waals surface area contributed by atoms with E-state index in [-0.39, 0.29) is 0 Å². The first kappa shape index (κ1) is 19.8. The molecule has 0 aliphatic carbocycles. The van der Waals surface area contributed by atoms with E-state index in [0.29, 0.717) is 4.47 Å². The van der Waals surface area contributed by atoms with Crippen LogP contribution in [0.1, 0.15) is 0 Å². The van der Waals surface area contributed by atoms with Crippen LogP contribution in [0.4, 0.5) is 45.2 Å². The van der Waals surface area contributed by atoms with E-state index >= 15 is 0 Å². The van der Waals surface area contributed by atoms with Gasteiger partial charge in [-0.25, -0.2) is 0 Å². The molecule has 0 aromatic heterocycles. The Bertz CT molecular complexity index is 694. The predicted molar refractivity (Wildman–Crippen MR) is 67.5 cm³/mol. The van der Waals surface area contributed by atoms with Crippen molar-refractivity contribution in [1.29, 1.82) is 0 Å². The molecule has 0 radical (unpaired) electrons. The maximum Gasteiger partial charge on any atom is 0.428 e. The summed E-state index contributed by atoms with van der Waals surface area (Å²) in [6, 6.07) is 4.31. The zero-order valence-corrected chi connectivity index (χ0v) is 13.0. The molecule has 1 amide bonds. The summed E-state index contributed by atoms with van der Waals surface area (Å²) in [6.45, 7) is 0. The van der Waals surface area contributed by atoms with Gasteiger partial charge in [0.15, 0.2) is 0 Å². The molecule has 0 unspecified atom stereocenters. The number of alkyl halides is 9. The molecule has 1 fully saturated rings. The lowest BCUT2D eigenvalue weighted by molar-refractivity contribution is -0.366. The summed E-state index contributed by atoms with van der Waals surface area (Å²) >= 11 is 2.95. The molecule has 1 atom stereocenters. The second kappa shape index (κ2) is 5.50. The van der Waals surface area contributed by atoms with E-state index in [2.05, 4.69) is 20.7 Å². The first-order valence-electron chi connectivity index (χ1n) is 6.07. The Morgan fingerprint density at radius 1 is 0.960 bits per heavy atom. The van der Waals surface area contributed by atoms with E-state index in [4.69, 9.17) is 0 Å². The number of hydrogen-bond acceptors (Lipinski definition) is 2. The number of carbonyl (C=O) groups excluding carboxylic acids is 1. The van der Waals surface area contributed by atoms with Gasteiger partial charge in [-0.15, -0.1) is 0 Å². The van der Waals surface area contributed by atoms with Crippen molar-refractivity contribution in [3.63, 3.8) is 0 Å². The lowest BCUT2D eigenvalue weighted by atomic mass is 9.99. The summed E-state index contributed by atoms with van der Waals surface area (Å²) in [7, 11) is 0.